The molecule has 0 atom stereocenters. The normalized spacial score (nSPS) is 11.2. The second-order valence-corrected chi connectivity index (χ2v) is 6.23. The van der Waals surface area contributed by atoms with Gasteiger partial charge in [-0.2, -0.15) is 0 Å². The van der Waals surface area contributed by atoms with E-state index in [0.29, 0.717) is 5.56 Å². The number of benzene rings is 2. The van der Waals surface area contributed by atoms with E-state index in [1.165, 1.54) is 19.1 Å². The van der Waals surface area contributed by atoms with E-state index in [4.69, 9.17) is 5.11 Å². The van der Waals surface area contributed by atoms with Crippen LogP contribution in [0.5, 0.6) is 5.75 Å². The zero-order valence-corrected chi connectivity index (χ0v) is 12.2. The van der Waals surface area contributed by atoms with Crippen LogP contribution in [0.2, 0.25) is 0 Å². The predicted molar refractivity (Wildman–Crippen MR) is 77.0 cm³/mol. The Hall–Kier alpha value is -2.61. The van der Waals surface area contributed by atoms with Gasteiger partial charge >= 0.3 is 5.97 Å². The van der Waals surface area contributed by atoms with Crippen molar-refractivity contribution in [3.05, 3.63) is 53.3 Å². The van der Waals surface area contributed by atoms with Gasteiger partial charge in [0, 0.05) is 5.69 Å². The van der Waals surface area contributed by atoms with E-state index in [9.17, 15) is 22.7 Å². The van der Waals surface area contributed by atoms with Crippen molar-refractivity contribution in [1.82, 2.24) is 0 Å². The number of carboxylic acids is 1. The first-order chi connectivity index (χ1) is 10.2. The number of halogens is 1. The number of phenols is 1. The molecule has 22 heavy (non-hydrogen) atoms. The molecular weight excluding hydrogens is 313 g/mol. The summed E-state index contributed by atoms with van der Waals surface area (Å²) in [6.07, 6.45) is 0. The van der Waals surface area contributed by atoms with Crippen LogP contribution in [0.4, 0.5) is 10.1 Å². The fourth-order valence-corrected chi connectivity index (χ4v) is 3.10. The molecule has 0 unspecified atom stereocenters. The van der Waals surface area contributed by atoms with Crippen molar-refractivity contribution in [1.29, 1.82) is 0 Å². The topological polar surface area (TPSA) is 104 Å². The molecule has 0 aliphatic heterocycles. The summed E-state index contributed by atoms with van der Waals surface area (Å²) >= 11 is 0. The quantitative estimate of drug-likeness (QED) is 0.800. The predicted octanol–water partition coefficient (Wildman–Crippen LogP) is 2.34. The molecule has 6 nitrogen and oxygen atoms in total. The number of carbonyl (C=O) groups is 1. The van der Waals surface area contributed by atoms with Crippen LogP contribution in [0.25, 0.3) is 0 Å². The van der Waals surface area contributed by atoms with Gasteiger partial charge < -0.3 is 10.2 Å². The molecule has 0 heterocycles. The van der Waals surface area contributed by atoms with Crippen LogP contribution >= 0.6 is 0 Å². The molecule has 0 saturated carbocycles. The second-order valence-electron chi connectivity index (χ2n) is 4.58. The first-order valence-corrected chi connectivity index (χ1v) is 7.54. The van der Waals surface area contributed by atoms with Crippen LogP contribution in [0, 0.1) is 12.7 Å². The first kappa shape index (κ1) is 15.8. The fourth-order valence-electron chi connectivity index (χ4n) is 1.84. The summed E-state index contributed by atoms with van der Waals surface area (Å²) in [5.41, 5.74) is -0.0756. The van der Waals surface area contributed by atoms with Gasteiger partial charge in [-0.25, -0.2) is 17.6 Å². The highest BCUT2D eigenvalue weighted by molar-refractivity contribution is 7.92. The summed E-state index contributed by atoms with van der Waals surface area (Å²) in [6.45, 7) is 1.50. The zero-order valence-electron chi connectivity index (χ0n) is 11.4. The lowest BCUT2D eigenvalue weighted by molar-refractivity contribution is 0.0693. The Labute approximate surface area is 125 Å². The zero-order chi connectivity index (χ0) is 16.5. The highest BCUT2D eigenvalue weighted by atomic mass is 32.2. The summed E-state index contributed by atoms with van der Waals surface area (Å²) in [5, 5.41) is 18.9. The Morgan fingerprint density at radius 1 is 1.18 bits per heavy atom. The molecule has 0 saturated heterocycles. The van der Waals surface area contributed by atoms with Crippen molar-refractivity contribution < 1.29 is 27.8 Å². The van der Waals surface area contributed by atoms with Gasteiger partial charge in [0.2, 0.25) is 0 Å². The standard InChI is InChI=1S/C14H12FNO5S/c1-8-6-11(14(18)19)13(17)12(7-8)22(20,21)16-10-4-2-9(15)3-5-10/h2-7,16-17H,1H3,(H,18,19). The molecule has 2 aromatic rings. The average molecular weight is 325 g/mol. The lowest BCUT2D eigenvalue weighted by Gasteiger charge is -2.12. The summed E-state index contributed by atoms with van der Waals surface area (Å²) in [7, 11) is -4.22. The van der Waals surface area contributed by atoms with E-state index in [-0.39, 0.29) is 5.69 Å². The Balaban J connectivity index is 2.49. The third-order valence-corrected chi connectivity index (χ3v) is 4.23. The minimum absolute atomic E-state index is 0.0826. The van der Waals surface area contributed by atoms with E-state index in [2.05, 4.69) is 4.72 Å². The van der Waals surface area contributed by atoms with Gasteiger partial charge in [0.15, 0.2) is 5.75 Å². The number of aromatic carboxylic acids is 1. The molecule has 0 aliphatic rings. The molecule has 116 valence electrons. The Kier molecular flexibility index (Phi) is 4.05. The number of aryl methyl sites for hydroxylation is 1. The van der Waals surface area contributed by atoms with Gasteiger partial charge in [0.1, 0.15) is 16.3 Å². The minimum Gasteiger partial charge on any atom is -0.506 e. The molecule has 0 aliphatic carbocycles. The van der Waals surface area contributed by atoms with Crippen LogP contribution in [-0.2, 0) is 10.0 Å². The van der Waals surface area contributed by atoms with Crippen LogP contribution in [0.1, 0.15) is 15.9 Å². The molecule has 8 heteroatoms. The number of anilines is 1. The van der Waals surface area contributed by atoms with Gasteiger partial charge in [-0.05, 0) is 48.9 Å². The van der Waals surface area contributed by atoms with E-state index in [1.54, 1.807) is 0 Å². The third-order valence-electron chi connectivity index (χ3n) is 2.84. The third kappa shape index (κ3) is 3.17. The Morgan fingerprint density at radius 3 is 2.32 bits per heavy atom. The minimum atomic E-state index is -4.22. The lowest BCUT2D eigenvalue weighted by atomic mass is 10.1. The molecule has 0 bridgehead atoms. The smallest absolute Gasteiger partial charge is 0.339 e. The number of nitrogens with one attached hydrogen (secondary N) is 1. The molecule has 0 fully saturated rings. The molecule has 2 rings (SSSR count). The van der Waals surface area contributed by atoms with E-state index in [1.807, 2.05) is 0 Å². The Bertz CT molecular complexity index is 831. The van der Waals surface area contributed by atoms with E-state index in [0.717, 1.165) is 24.3 Å². The highest BCUT2D eigenvalue weighted by Gasteiger charge is 2.24. The monoisotopic (exact) mass is 325 g/mol. The van der Waals surface area contributed by atoms with Gasteiger partial charge in [-0.15, -0.1) is 0 Å². The Morgan fingerprint density at radius 2 is 1.77 bits per heavy atom. The second kappa shape index (κ2) is 5.64. The van der Waals surface area contributed by atoms with E-state index >= 15 is 0 Å². The van der Waals surface area contributed by atoms with Crippen molar-refractivity contribution in [2.24, 2.45) is 0 Å². The van der Waals surface area contributed by atoms with Gasteiger partial charge in [-0.3, -0.25) is 4.72 Å². The van der Waals surface area contributed by atoms with Gasteiger partial charge in [0.25, 0.3) is 10.0 Å². The van der Waals surface area contributed by atoms with Gasteiger partial charge in [0.05, 0.1) is 0 Å². The first-order valence-electron chi connectivity index (χ1n) is 6.06. The maximum Gasteiger partial charge on any atom is 0.339 e. The number of carboxylic acid groups (broad SMARTS) is 1. The maximum atomic E-state index is 12.8. The number of sulfonamides is 1. The highest BCUT2D eigenvalue weighted by Crippen LogP contribution is 2.30. The number of hydrogen-bond donors (Lipinski definition) is 3. The lowest BCUT2D eigenvalue weighted by Crippen LogP contribution is -2.14. The van der Waals surface area contributed by atoms with E-state index < -0.39 is 38.0 Å². The molecule has 2 aromatic carbocycles. The summed E-state index contributed by atoms with van der Waals surface area (Å²) in [4.78, 5) is 10.5. The van der Waals surface area contributed by atoms with Crippen LogP contribution < -0.4 is 4.72 Å². The summed E-state index contributed by atoms with van der Waals surface area (Å²) < 4.78 is 39.5. The van der Waals surface area contributed by atoms with Crippen molar-refractivity contribution in [2.45, 2.75) is 11.8 Å². The number of rotatable bonds is 4. The fraction of sp³-hybridized carbons (Fsp3) is 0.0714. The molecule has 0 spiro atoms. The van der Waals surface area contributed by atoms with Crippen molar-refractivity contribution in [3.63, 3.8) is 0 Å². The largest absolute Gasteiger partial charge is 0.506 e. The van der Waals surface area contributed by atoms with Crippen LogP contribution in [0.3, 0.4) is 0 Å². The van der Waals surface area contributed by atoms with Crippen LogP contribution in [0.15, 0.2) is 41.3 Å². The molecule has 0 aromatic heterocycles. The maximum absolute atomic E-state index is 12.8. The molecule has 0 radical (unpaired) electrons. The molecular formula is C14H12FNO5S. The summed E-state index contributed by atoms with van der Waals surface area (Å²) in [6, 6.07) is 6.85. The van der Waals surface area contributed by atoms with Gasteiger partial charge in [-0.1, -0.05) is 0 Å². The molecule has 0 amide bonds. The summed E-state index contributed by atoms with van der Waals surface area (Å²) in [5.74, 6) is -2.83. The van der Waals surface area contributed by atoms with Crippen molar-refractivity contribution in [3.8, 4) is 5.75 Å². The average Bonchev–Trinajstić information content (AvgIpc) is 2.43. The number of hydrogen-bond acceptors (Lipinski definition) is 4. The van der Waals surface area contributed by atoms with Crippen LogP contribution in [-0.4, -0.2) is 24.6 Å². The number of aromatic hydroxyl groups is 1. The van der Waals surface area contributed by atoms with Crippen molar-refractivity contribution in [2.75, 3.05) is 4.72 Å². The SMILES string of the molecule is Cc1cc(C(=O)O)c(O)c(S(=O)(=O)Nc2ccc(F)cc2)c1. The molecule has 3 N–H and O–H groups in total. The van der Waals surface area contributed by atoms with Crippen molar-refractivity contribution >= 4 is 21.7 Å².